The molecule has 1 heterocycles. The Morgan fingerprint density at radius 1 is 1.35 bits per heavy atom. The smallest absolute Gasteiger partial charge is 0.137 e. The van der Waals surface area contributed by atoms with Crippen molar-refractivity contribution in [1.29, 1.82) is 0 Å². The number of halogens is 1. The summed E-state index contributed by atoms with van der Waals surface area (Å²) in [6.07, 6.45) is 0.934. The molecule has 0 aromatic carbocycles. The summed E-state index contributed by atoms with van der Waals surface area (Å²) in [6.45, 7) is 7.73. The predicted octanol–water partition coefficient (Wildman–Crippen LogP) is 2.88. The highest BCUT2D eigenvalue weighted by molar-refractivity contribution is 6.29. The Morgan fingerprint density at radius 2 is 2.06 bits per heavy atom. The Hall–Kier alpha value is -0.870. The average molecular weight is 258 g/mol. The van der Waals surface area contributed by atoms with Gasteiger partial charge < -0.3 is 10.1 Å². The zero-order chi connectivity index (χ0) is 12.9. The topological polar surface area (TPSA) is 47.0 Å². The first-order chi connectivity index (χ1) is 7.93. The molecule has 0 saturated heterocycles. The van der Waals surface area contributed by atoms with Gasteiger partial charge in [-0.05, 0) is 6.42 Å². The quantitative estimate of drug-likeness (QED) is 0.651. The molecule has 0 spiro atoms. The molecule has 0 radical (unpaired) electrons. The molecule has 0 unspecified atom stereocenters. The van der Waals surface area contributed by atoms with E-state index in [2.05, 4.69) is 36.1 Å². The maximum absolute atomic E-state index is 5.98. The van der Waals surface area contributed by atoms with Gasteiger partial charge in [0.2, 0.25) is 0 Å². The fraction of sp³-hybridized carbons (Fsp3) is 0.667. The van der Waals surface area contributed by atoms with Crippen LogP contribution >= 0.6 is 11.6 Å². The molecule has 0 saturated carbocycles. The second-order valence-corrected chi connectivity index (χ2v) is 5.31. The minimum absolute atomic E-state index is 0.103. The molecule has 0 amide bonds. The van der Waals surface area contributed by atoms with Gasteiger partial charge in [0.15, 0.2) is 0 Å². The van der Waals surface area contributed by atoms with E-state index in [0.717, 1.165) is 31.2 Å². The number of aromatic nitrogens is 2. The van der Waals surface area contributed by atoms with E-state index in [1.54, 1.807) is 13.2 Å². The Bertz CT molecular complexity index is 363. The van der Waals surface area contributed by atoms with Crippen molar-refractivity contribution in [2.75, 3.05) is 25.6 Å². The van der Waals surface area contributed by atoms with E-state index in [-0.39, 0.29) is 5.41 Å². The van der Waals surface area contributed by atoms with Crippen molar-refractivity contribution in [3.63, 3.8) is 0 Å². The molecule has 0 fully saturated rings. The van der Waals surface area contributed by atoms with Gasteiger partial charge in [-0.1, -0.05) is 32.4 Å². The van der Waals surface area contributed by atoms with Crippen LogP contribution in [0, 0.1) is 0 Å². The Morgan fingerprint density at radius 3 is 2.65 bits per heavy atom. The van der Waals surface area contributed by atoms with E-state index in [0.29, 0.717) is 5.15 Å². The molecule has 96 valence electrons. The van der Waals surface area contributed by atoms with Crippen LogP contribution < -0.4 is 5.32 Å². The van der Waals surface area contributed by atoms with E-state index in [9.17, 15) is 0 Å². The lowest BCUT2D eigenvalue weighted by Crippen LogP contribution is -2.17. The molecular formula is C12H20ClN3O. The Balaban J connectivity index is 2.69. The van der Waals surface area contributed by atoms with Gasteiger partial charge in [-0.2, -0.15) is 0 Å². The van der Waals surface area contributed by atoms with Gasteiger partial charge in [-0.25, -0.2) is 9.97 Å². The molecule has 0 aliphatic heterocycles. The fourth-order valence-corrected chi connectivity index (χ4v) is 1.46. The van der Waals surface area contributed by atoms with Crippen molar-refractivity contribution < 1.29 is 4.74 Å². The standard InChI is InChI=1S/C12H20ClN3O/c1-12(2,3)11-15-9(13)8-10(16-11)14-6-5-7-17-4/h8H,5-7H2,1-4H3,(H,14,15,16). The summed E-state index contributed by atoms with van der Waals surface area (Å²) in [6, 6.07) is 1.74. The van der Waals surface area contributed by atoms with Crippen LogP contribution in [0.4, 0.5) is 5.82 Å². The van der Waals surface area contributed by atoms with Crippen LogP contribution in [-0.4, -0.2) is 30.2 Å². The van der Waals surface area contributed by atoms with Gasteiger partial charge in [0, 0.05) is 31.7 Å². The van der Waals surface area contributed by atoms with E-state index >= 15 is 0 Å². The Kier molecular flexibility index (Phi) is 5.15. The summed E-state index contributed by atoms with van der Waals surface area (Å²) < 4.78 is 4.98. The van der Waals surface area contributed by atoms with Crippen molar-refractivity contribution in [2.45, 2.75) is 32.6 Å². The summed E-state index contributed by atoms with van der Waals surface area (Å²) in [5.74, 6) is 1.52. The molecule has 1 aromatic heterocycles. The normalized spacial score (nSPS) is 11.6. The lowest BCUT2D eigenvalue weighted by atomic mass is 9.96. The Labute approximate surface area is 108 Å². The lowest BCUT2D eigenvalue weighted by molar-refractivity contribution is 0.197. The zero-order valence-corrected chi connectivity index (χ0v) is 11.6. The van der Waals surface area contributed by atoms with Crippen molar-refractivity contribution in [1.82, 2.24) is 9.97 Å². The van der Waals surface area contributed by atoms with Gasteiger partial charge in [0.25, 0.3) is 0 Å². The SMILES string of the molecule is COCCCNc1cc(Cl)nc(C(C)(C)C)n1. The molecule has 0 bridgehead atoms. The van der Waals surface area contributed by atoms with Crippen molar-refractivity contribution >= 4 is 17.4 Å². The number of hydrogen-bond donors (Lipinski definition) is 1. The molecule has 1 rings (SSSR count). The summed E-state index contributed by atoms with van der Waals surface area (Å²) >= 11 is 5.98. The average Bonchev–Trinajstić information content (AvgIpc) is 2.22. The van der Waals surface area contributed by atoms with Crippen LogP contribution in [0.15, 0.2) is 6.07 Å². The number of methoxy groups -OCH3 is 1. The third-order valence-electron chi connectivity index (χ3n) is 2.20. The first-order valence-electron chi connectivity index (χ1n) is 5.71. The van der Waals surface area contributed by atoms with Crippen molar-refractivity contribution in [3.8, 4) is 0 Å². The lowest BCUT2D eigenvalue weighted by Gasteiger charge is -2.17. The maximum Gasteiger partial charge on any atom is 0.137 e. The second kappa shape index (κ2) is 6.17. The molecule has 0 aliphatic carbocycles. The first kappa shape index (κ1) is 14.2. The number of rotatable bonds is 5. The van der Waals surface area contributed by atoms with Gasteiger partial charge in [-0.3, -0.25) is 0 Å². The van der Waals surface area contributed by atoms with Gasteiger partial charge in [-0.15, -0.1) is 0 Å². The minimum Gasteiger partial charge on any atom is -0.385 e. The summed E-state index contributed by atoms with van der Waals surface area (Å²) in [4.78, 5) is 8.69. The summed E-state index contributed by atoms with van der Waals surface area (Å²) in [7, 11) is 1.69. The first-order valence-corrected chi connectivity index (χ1v) is 6.09. The summed E-state index contributed by atoms with van der Waals surface area (Å²) in [5.41, 5.74) is -0.103. The van der Waals surface area contributed by atoms with E-state index < -0.39 is 0 Å². The predicted molar refractivity (Wildman–Crippen MR) is 70.7 cm³/mol. The van der Waals surface area contributed by atoms with E-state index in [4.69, 9.17) is 16.3 Å². The summed E-state index contributed by atoms with van der Waals surface area (Å²) in [5, 5.41) is 3.69. The van der Waals surface area contributed by atoms with E-state index in [1.807, 2.05) is 0 Å². The number of hydrogen-bond acceptors (Lipinski definition) is 4. The molecule has 17 heavy (non-hydrogen) atoms. The second-order valence-electron chi connectivity index (χ2n) is 4.92. The molecule has 1 aromatic rings. The van der Waals surface area contributed by atoms with Crippen LogP contribution in [0.1, 0.15) is 33.0 Å². The third kappa shape index (κ3) is 4.88. The molecule has 5 heteroatoms. The number of ether oxygens (including phenoxy) is 1. The van der Waals surface area contributed by atoms with Gasteiger partial charge in [0.05, 0.1) is 0 Å². The maximum atomic E-state index is 5.98. The number of nitrogens with one attached hydrogen (secondary N) is 1. The molecule has 0 aliphatic rings. The molecule has 1 N–H and O–H groups in total. The molecular weight excluding hydrogens is 238 g/mol. The highest BCUT2D eigenvalue weighted by atomic mass is 35.5. The van der Waals surface area contributed by atoms with E-state index in [1.165, 1.54) is 0 Å². The fourth-order valence-electron chi connectivity index (χ4n) is 1.28. The highest BCUT2D eigenvalue weighted by Gasteiger charge is 2.18. The number of anilines is 1. The molecule has 0 atom stereocenters. The highest BCUT2D eigenvalue weighted by Crippen LogP contribution is 2.22. The zero-order valence-electron chi connectivity index (χ0n) is 10.9. The van der Waals surface area contributed by atoms with Gasteiger partial charge in [0.1, 0.15) is 16.8 Å². The monoisotopic (exact) mass is 257 g/mol. The van der Waals surface area contributed by atoms with Gasteiger partial charge >= 0.3 is 0 Å². The van der Waals surface area contributed by atoms with Crippen LogP contribution in [0.5, 0.6) is 0 Å². The van der Waals surface area contributed by atoms with Crippen LogP contribution in [0.3, 0.4) is 0 Å². The van der Waals surface area contributed by atoms with Crippen molar-refractivity contribution in [3.05, 3.63) is 17.0 Å². The largest absolute Gasteiger partial charge is 0.385 e. The van der Waals surface area contributed by atoms with Crippen LogP contribution in [0.2, 0.25) is 5.15 Å². The molecule has 4 nitrogen and oxygen atoms in total. The van der Waals surface area contributed by atoms with Crippen LogP contribution in [-0.2, 0) is 10.2 Å². The third-order valence-corrected chi connectivity index (χ3v) is 2.39. The number of nitrogens with zero attached hydrogens (tertiary/aromatic N) is 2. The van der Waals surface area contributed by atoms with Crippen molar-refractivity contribution in [2.24, 2.45) is 0 Å². The van der Waals surface area contributed by atoms with Crippen LogP contribution in [0.25, 0.3) is 0 Å². The minimum atomic E-state index is -0.103.